The minimum absolute atomic E-state index is 0.0169. The van der Waals surface area contributed by atoms with Crippen LogP contribution in [-0.2, 0) is 0 Å². The van der Waals surface area contributed by atoms with E-state index < -0.39 is 5.91 Å². The number of phenols is 1. The van der Waals surface area contributed by atoms with E-state index in [1.807, 2.05) is 0 Å². The number of hydrogen-bond acceptors (Lipinski definition) is 6. The van der Waals surface area contributed by atoms with E-state index in [-0.39, 0.29) is 10.9 Å². The first-order valence-electron chi connectivity index (χ1n) is 7.46. The fourth-order valence-electron chi connectivity index (χ4n) is 2.26. The monoisotopic (exact) mass is 360 g/mol. The molecule has 3 N–H and O–H groups in total. The molecule has 0 fully saturated rings. The number of anilines is 1. The third-order valence-electron chi connectivity index (χ3n) is 3.48. The van der Waals surface area contributed by atoms with Crippen molar-refractivity contribution in [2.45, 2.75) is 0 Å². The van der Waals surface area contributed by atoms with Crippen LogP contribution in [0.4, 0.5) is 5.69 Å². The summed E-state index contributed by atoms with van der Waals surface area (Å²) in [5.41, 5.74) is 0.704. The van der Waals surface area contributed by atoms with Crippen LogP contribution in [0, 0.1) is 0 Å². The zero-order valence-electron chi connectivity index (χ0n) is 13.4. The van der Waals surface area contributed by atoms with Gasteiger partial charge in [-0.3, -0.25) is 10.1 Å². The minimum atomic E-state index is -0.406. The molecule has 0 unspecified atom stereocenters. The third-order valence-corrected chi connectivity index (χ3v) is 3.69. The lowest BCUT2D eigenvalue weighted by atomic mass is 10.2. The van der Waals surface area contributed by atoms with Gasteiger partial charge in [-0.05, 0) is 42.5 Å². The summed E-state index contributed by atoms with van der Waals surface area (Å²) in [6, 6.07) is 9.53. The van der Waals surface area contributed by atoms with E-state index in [9.17, 15) is 9.90 Å². The average molecular weight is 360 g/mol. The normalized spacial score (nSPS) is 12.2. The summed E-state index contributed by atoms with van der Waals surface area (Å²) >= 11 is 5.12. The van der Waals surface area contributed by atoms with Crippen LogP contribution in [0.1, 0.15) is 10.4 Å². The van der Waals surface area contributed by atoms with Crippen molar-refractivity contribution < 1.29 is 24.1 Å². The highest BCUT2D eigenvalue weighted by molar-refractivity contribution is 7.80. The van der Waals surface area contributed by atoms with E-state index in [1.165, 1.54) is 13.2 Å². The summed E-state index contributed by atoms with van der Waals surface area (Å²) in [6.07, 6.45) is 0. The van der Waals surface area contributed by atoms with Crippen LogP contribution in [0.5, 0.6) is 23.0 Å². The molecule has 7 nitrogen and oxygen atoms in total. The van der Waals surface area contributed by atoms with E-state index in [2.05, 4.69) is 10.6 Å². The van der Waals surface area contributed by atoms with Gasteiger partial charge in [0.2, 0.25) is 0 Å². The molecule has 0 spiro atoms. The molecule has 0 aromatic heterocycles. The smallest absolute Gasteiger partial charge is 0.257 e. The Kier molecular flexibility index (Phi) is 4.90. The second-order valence-electron chi connectivity index (χ2n) is 5.15. The molecule has 8 heteroatoms. The molecule has 1 heterocycles. The summed E-state index contributed by atoms with van der Waals surface area (Å²) in [5.74, 6) is 1.24. The number of benzene rings is 2. The van der Waals surface area contributed by atoms with Crippen LogP contribution in [0.25, 0.3) is 0 Å². The van der Waals surface area contributed by atoms with Gasteiger partial charge < -0.3 is 24.6 Å². The molecule has 3 rings (SSSR count). The van der Waals surface area contributed by atoms with Crippen molar-refractivity contribution in [3.8, 4) is 23.0 Å². The maximum Gasteiger partial charge on any atom is 0.257 e. The molecule has 2 aromatic carbocycles. The number of aromatic hydroxyl groups is 1. The fraction of sp³-hybridized carbons (Fsp3) is 0.176. The lowest BCUT2D eigenvalue weighted by Gasteiger charge is -2.18. The lowest BCUT2D eigenvalue weighted by molar-refractivity contribution is 0.0976. The molecule has 2 aromatic rings. The van der Waals surface area contributed by atoms with Crippen molar-refractivity contribution in [2.75, 3.05) is 25.6 Å². The highest BCUT2D eigenvalue weighted by atomic mass is 32.1. The Bertz CT molecular complexity index is 825. The summed E-state index contributed by atoms with van der Waals surface area (Å²) in [7, 11) is 1.51. The van der Waals surface area contributed by atoms with Gasteiger partial charge in [0.25, 0.3) is 5.91 Å². The summed E-state index contributed by atoms with van der Waals surface area (Å²) in [6.45, 7) is 0.920. The van der Waals surface area contributed by atoms with E-state index in [4.69, 9.17) is 26.4 Å². The first-order chi connectivity index (χ1) is 12.1. The Morgan fingerprint density at radius 1 is 1.16 bits per heavy atom. The van der Waals surface area contributed by atoms with E-state index in [0.717, 1.165) is 0 Å². The number of ether oxygens (including phenoxy) is 3. The third kappa shape index (κ3) is 3.92. The van der Waals surface area contributed by atoms with Crippen LogP contribution in [0.3, 0.4) is 0 Å². The van der Waals surface area contributed by atoms with Crippen molar-refractivity contribution in [3.05, 3.63) is 42.0 Å². The number of phenolic OH excluding ortho intramolecular Hbond substituents is 1. The largest absolute Gasteiger partial charge is 0.506 e. The summed E-state index contributed by atoms with van der Waals surface area (Å²) < 4.78 is 16.0. The predicted octanol–water partition coefficient (Wildman–Crippen LogP) is 2.30. The predicted molar refractivity (Wildman–Crippen MR) is 95.8 cm³/mol. The average Bonchev–Trinajstić information content (AvgIpc) is 2.63. The van der Waals surface area contributed by atoms with Crippen molar-refractivity contribution in [3.63, 3.8) is 0 Å². The maximum absolute atomic E-state index is 12.3. The number of carbonyl (C=O) groups excluding carboxylic acids is 1. The van der Waals surface area contributed by atoms with E-state index in [0.29, 0.717) is 41.7 Å². The van der Waals surface area contributed by atoms with Gasteiger partial charge >= 0.3 is 0 Å². The van der Waals surface area contributed by atoms with Crippen molar-refractivity contribution in [1.29, 1.82) is 0 Å². The first-order valence-corrected chi connectivity index (χ1v) is 7.86. The van der Waals surface area contributed by atoms with Crippen LogP contribution in [0.15, 0.2) is 36.4 Å². The molecule has 1 aliphatic rings. The van der Waals surface area contributed by atoms with Gasteiger partial charge in [0, 0.05) is 11.6 Å². The topological polar surface area (TPSA) is 89.1 Å². The van der Waals surface area contributed by atoms with Crippen LogP contribution in [-0.4, -0.2) is 36.4 Å². The van der Waals surface area contributed by atoms with Crippen molar-refractivity contribution >= 4 is 28.9 Å². The van der Waals surface area contributed by atoms with Gasteiger partial charge in [0.05, 0.1) is 12.8 Å². The number of carbonyl (C=O) groups is 1. The minimum Gasteiger partial charge on any atom is -0.506 e. The highest BCUT2D eigenvalue weighted by Gasteiger charge is 2.16. The molecule has 0 radical (unpaired) electrons. The van der Waals surface area contributed by atoms with Gasteiger partial charge in [-0.1, -0.05) is 0 Å². The fourth-order valence-corrected chi connectivity index (χ4v) is 2.46. The molecular weight excluding hydrogens is 344 g/mol. The zero-order chi connectivity index (χ0) is 17.8. The second kappa shape index (κ2) is 7.27. The Hall–Kier alpha value is -3.00. The van der Waals surface area contributed by atoms with Crippen LogP contribution in [0.2, 0.25) is 0 Å². The molecule has 1 amide bonds. The highest BCUT2D eigenvalue weighted by Crippen LogP contribution is 2.31. The zero-order valence-corrected chi connectivity index (χ0v) is 14.2. The summed E-state index contributed by atoms with van der Waals surface area (Å²) in [4.78, 5) is 12.3. The molecule has 1 aliphatic heterocycles. The quantitative estimate of drug-likeness (QED) is 0.572. The van der Waals surface area contributed by atoms with E-state index >= 15 is 0 Å². The summed E-state index contributed by atoms with van der Waals surface area (Å²) in [5, 5.41) is 15.2. The van der Waals surface area contributed by atoms with Crippen molar-refractivity contribution in [2.24, 2.45) is 0 Å². The molecule has 25 heavy (non-hydrogen) atoms. The molecular formula is C17H16N2O5S. The second-order valence-corrected chi connectivity index (χ2v) is 5.56. The van der Waals surface area contributed by atoms with Gasteiger partial charge in [-0.25, -0.2) is 0 Å². The molecule has 0 atom stereocenters. The number of thiocarbonyl (C=S) groups is 1. The van der Waals surface area contributed by atoms with Gasteiger partial charge in [-0.15, -0.1) is 0 Å². The number of rotatable bonds is 3. The van der Waals surface area contributed by atoms with Gasteiger partial charge in [0.15, 0.2) is 16.6 Å². The maximum atomic E-state index is 12.3. The molecule has 0 bridgehead atoms. The molecule has 130 valence electrons. The van der Waals surface area contributed by atoms with Crippen LogP contribution >= 0.6 is 12.2 Å². The number of fused-ring (bicyclic) bond motifs is 1. The Labute approximate surface area is 149 Å². The van der Waals surface area contributed by atoms with Crippen LogP contribution < -0.4 is 24.8 Å². The molecule has 0 saturated heterocycles. The Balaban J connectivity index is 1.67. The first kappa shape index (κ1) is 16.8. The van der Waals surface area contributed by atoms with E-state index in [1.54, 1.807) is 30.3 Å². The van der Waals surface area contributed by atoms with Crippen molar-refractivity contribution in [1.82, 2.24) is 5.32 Å². The number of methoxy groups -OCH3 is 1. The number of hydrogen-bond donors (Lipinski definition) is 3. The number of nitrogens with one attached hydrogen (secondary N) is 2. The van der Waals surface area contributed by atoms with Gasteiger partial charge in [0.1, 0.15) is 24.7 Å². The lowest BCUT2D eigenvalue weighted by Crippen LogP contribution is -2.34. The number of amides is 1. The van der Waals surface area contributed by atoms with Gasteiger partial charge in [-0.2, -0.15) is 0 Å². The molecule has 0 aliphatic carbocycles. The Morgan fingerprint density at radius 2 is 1.92 bits per heavy atom. The Morgan fingerprint density at radius 3 is 2.68 bits per heavy atom. The standard InChI is InChI=1S/C17H16N2O5S/c1-22-11-3-4-13(20)12(9-11)18-17(25)19-16(21)10-2-5-14-15(8-10)24-7-6-23-14/h2-5,8-9,20H,6-7H2,1H3,(H2,18,19,21,25). The SMILES string of the molecule is COc1ccc(O)c(NC(=S)NC(=O)c2ccc3c(c2)OCCO3)c1. The molecule has 0 saturated carbocycles.